The maximum Gasteiger partial charge on any atom is 0.0812 e. The summed E-state index contributed by atoms with van der Waals surface area (Å²) < 4.78 is 1.23. The average molecular weight is 361 g/mol. The number of benzene rings is 5. The van der Waals surface area contributed by atoms with Crippen LogP contribution >= 0.6 is 11.3 Å². The number of hydrogen-bond acceptors (Lipinski definition) is 2. The fourth-order valence-corrected chi connectivity index (χ4v) is 4.86. The zero-order valence-corrected chi connectivity index (χ0v) is 15.3. The smallest absolute Gasteiger partial charge is 0.0812 e. The Balaban J connectivity index is 1.78. The topological polar surface area (TPSA) is 12.9 Å². The Kier molecular flexibility index (Phi) is 3.11. The normalized spacial score (nSPS) is 11.7. The summed E-state index contributed by atoms with van der Waals surface area (Å²) >= 11 is 1.70. The van der Waals surface area contributed by atoms with Crippen LogP contribution in [0.5, 0.6) is 0 Å². The molecule has 0 fully saturated rings. The number of rotatable bonds is 1. The van der Waals surface area contributed by atoms with Gasteiger partial charge in [-0.25, -0.2) is 4.98 Å². The first-order valence-corrected chi connectivity index (χ1v) is 9.93. The van der Waals surface area contributed by atoms with E-state index in [1.807, 2.05) is 5.51 Å². The van der Waals surface area contributed by atoms with E-state index in [1.165, 1.54) is 48.1 Å². The quantitative estimate of drug-likeness (QED) is 0.278. The molecule has 1 nitrogen and oxygen atoms in total. The Morgan fingerprint density at radius 1 is 0.630 bits per heavy atom. The summed E-state index contributed by atoms with van der Waals surface area (Å²) in [5.41, 5.74) is 5.51. The van der Waals surface area contributed by atoms with E-state index >= 15 is 0 Å². The molecular formula is C25H15NS. The van der Waals surface area contributed by atoms with E-state index in [0.717, 1.165) is 5.52 Å². The van der Waals surface area contributed by atoms with Crippen molar-refractivity contribution in [3.63, 3.8) is 0 Å². The van der Waals surface area contributed by atoms with Crippen LogP contribution in [0.4, 0.5) is 0 Å². The van der Waals surface area contributed by atoms with Crippen LogP contribution in [-0.4, -0.2) is 4.98 Å². The van der Waals surface area contributed by atoms with Crippen molar-refractivity contribution in [3.05, 3.63) is 90.4 Å². The van der Waals surface area contributed by atoms with Gasteiger partial charge in [0, 0.05) is 0 Å². The lowest BCUT2D eigenvalue weighted by Crippen LogP contribution is -1.86. The molecule has 5 aromatic carbocycles. The van der Waals surface area contributed by atoms with E-state index in [-0.39, 0.29) is 0 Å². The molecule has 0 aliphatic rings. The molecule has 0 aliphatic carbocycles. The van der Waals surface area contributed by atoms with Gasteiger partial charge in [-0.05, 0) is 61.6 Å². The minimum Gasteiger partial charge on any atom is -0.245 e. The van der Waals surface area contributed by atoms with Crippen molar-refractivity contribution in [1.82, 2.24) is 4.98 Å². The highest BCUT2D eigenvalue weighted by molar-refractivity contribution is 7.16. The van der Waals surface area contributed by atoms with Crippen molar-refractivity contribution in [2.24, 2.45) is 0 Å². The van der Waals surface area contributed by atoms with E-state index in [4.69, 9.17) is 0 Å². The third-order valence-electron chi connectivity index (χ3n) is 5.39. The van der Waals surface area contributed by atoms with Gasteiger partial charge in [0.1, 0.15) is 0 Å². The van der Waals surface area contributed by atoms with Crippen LogP contribution in [0.1, 0.15) is 0 Å². The average Bonchev–Trinajstić information content (AvgIpc) is 3.20. The highest BCUT2D eigenvalue weighted by Crippen LogP contribution is 2.39. The second-order valence-electron chi connectivity index (χ2n) is 6.89. The molecule has 0 saturated carbocycles. The molecule has 0 radical (unpaired) electrons. The maximum atomic E-state index is 4.42. The molecule has 0 spiro atoms. The van der Waals surface area contributed by atoms with Crippen LogP contribution < -0.4 is 0 Å². The Hall–Kier alpha value is -3.23. The molecule has 126 valence electrons. The first-order valence-electron chi connectivity index (χ1n) is 9.05. The lowest BCUT2D eigenvalue weighted by Gasteiger charge is -2.13. The standard InChI is InChI=1S/C25H15NS/c1-2-6-19-16(5-1)9-10-18-13-22(20-7-3-4-8-21(20)25(18)19)17-11-12-23-24(14-17)27-15-26-23/h1-15H. The van der Waals surface area contributed by atoms with E-state index < -0.39 is 0 Å². The molecule has 2 heteroatoms. The summed E-state index contributed by atoms with van der Waals surface area (Å²) in [6, 6.07) is 30.8. The first kappa shape index (κ1) is 14.9. The monoisotopic (exact) mass is 361 g/mol. The summed E-state index contributed by atoms with van der Waals surface area (Å²) in [6.07, 6.45) is 0. The molecule has 0 saturated heterocycles. The second kappa shape index (κ2) is 5.63. The zero-order valence-electron chi connectivity index (χ0n) is 14.5. The number of hydrogen-bond donors (Lipinski definition) is 0. The van der Waals surface area contributed by atoms with Gasteiger partial charge in [-0.3, -0.25) is 0 Å². The molecule has 0 bridgehead atoms. The predicted molar refractivity (Wildman–Crippen MR) is 118 cm³/mol. The van der Waals surface area contributed by atoms with Gasteiger partial charge in [-0.15, -0.1) is 11.3 Å². The highest BCUT2D eigenvalue weighted by Gasteiger charge is 2.11. The van der Waals surface area contributed by atoms with Crippen molar-refractivity contribution in [2.75, 3.05) is 0 Å². The number of thiazole rings is 1. The van der Waals surface area contributed by atoms with E-state index in [2.05, 4.69) is 89.9 Å². The summed E-state index contributed by atoms with van der Waals surface area (Å²) in [6.45, 7) is 0. The van der Waals surface area contributed by atoms with Crippen molar-refractivity contribution < 1.29 is 0 Å². The third-order valence-corrected chi connectivity index (χ3v) is 6.18. The molecule has 0 unspecified atom stereocenters. The van der Waals surface area contributed by atoms with Gasteiger partial charge < -0.3 is 0 Å². The van der Waals surface area contributed by atoms with Gasteiger partial charge in [0.2, 0.25) is 0 Å². The summed E-state index contributed by atoms with van der Waals surface area (Å²) in [5.74, 6) is 0. The van der Waals surface area contributed by atoms with E-state index in [0.29, 0.717) is 0 Å². The van der Waals surface area contributed by atoms with Crippen LogP contribution in [0.25, 0.3) is 53.7 Å². The van der Waals surface area contributed by atoms with Crippen molar-refractivity contribution >= 4 is 53.9 Å². The van der Waals surface area contributed by atoms with Gasteiger partial charge in [0.25, 0.3) is 0 Å². The van der Waals surface area contributed by atoms with Gasteiger partial charge >= 0.3 is 0 Å². The molecule has 6 rings (SSSR count). The largest absolute Gasteiger partial charge is 0.245 e. The summed E-state index contributed by atoms with van der Waals surface area (Å²) in [5, 5.41) is 7.83. The molecule has 1 aromatic heterocycles. The van der Waals surface area contributed by atoms with Crippen LogP contribution in [0.15, 0.2) is 90.4 Å². The fourth-order valence-electron chi connectivity index (χ4n) is 4.14. The van der Waals surface area contributed by atoms with Gasteiger partial charge in [0.05, 0.1) is 15.7 Å². The Morgan fingerprint density at radius 2 is 1.41 bits per heavy atom. The third kappa shape index (κ3) is 2.20. The molecule has 6 aromatic rings. The lowest BCUT2D eigenvalue weighted by molar-refractivity contribution is 1.50. The fraction of sp³-hybridized carbons (Fsp3) is 0. The van der Waals surface area contributed by atoms with Crippen LogP contribution in [-0.2, 0) is 0 Å². The number of aromatic nitrogens is 1. The zero-order chi connectivity index (χ0) is 17.8. The number of fused-ring (bicyclic) bond motifs is 6. The minimum absolute atomic E-state index is 1.07. The van der Waals surface area contributed by atoms with Crippen LogP contribution in [0.3, 0.4) is 0 Å². The number of nitrogens with zero attached hydrogens (tertiary/aromatic N) is 1. The molecular weight excluding hydrogens is 346 g/mol. The Bertz CT molecular complexity index is 1480. The van der Waals surface area contributed by atoms with Crippen LogP contribution in [0.2, 0.25) is 0 Å². The van der Waals surface area contributed by atoms with Crippen molar-refractivity contribution in [1.29, 1.82) is 0 Å². The molecule has 0 amide bonds. The van der Waals surface area contributed by atoms with Crippen LogP contribution in [0, 0.1) is 0 Å². The van der Waals surface area contributed by atoms with E-state index in [9.17, 15) is 0 Å². The molecule has 0 aliphatic heterocycles. The minimum atomic E-state index is 1.07. The lowest BCUT2D eigenvalue weighted by atomic mass is 9.91. The molecule has 0 atom stereocenters. The van der Waals surface area contributed by atoms with Gasteiger partial charge in [-0.2, -0.15) is 0 Å². The summed E-state index contributed by atoms with van der Waals surface area (Å²) in [4.78, 5) is 4.42. The summed E-state index contributed by atoms with van der Waals surface area (Å²) in [7, 11) is 0. The predicted octanol–water partition coefficient (Wildman–Crippen LogP) is 7.42. The Labute approximate surface area is 160 Å². The highest BCUT2D eigenvalue weighted by atomic mass is 32.1. The Morgan fingerprint density at radius 3 is 2.33 bits per heavy atom. The maximum absolute atomic E-state index is 4.42. The first-order chi connectivity index (χ1) is 13.4. The van der Waals surface area contributed by atoms with Crippen molar-refractivity contribution in [3.8, 4) is 11.1 Å². The van der Waals surface area contributed by atoms with Gasteiger partial charge in [0.15, 0.2) is 0 Å². The SMILES string of the molecule is c1ccc2c(c1)ccc1cc(-c3ccc4ncsc4c3)c3ccccc3c12. The molecule has 27 heavy (non-hydrogen) atoms. The molecule has 1 heterocycles. The van der Waals surface area contributed by atoms with E-state index in [1.54, 1.807) is 11.3 Å². The molecule has 0 N–H and O–H groups in total. The second-order valence-corrected chi connectivity index (χ2v) is 7.78. The van der Waals surface area contributed by atoms with Gasteiger partial charge in [-0.1, -0.05) is 66.7 Å². The van der Waals surface area contributed by atoms with Crippen molar-refractivity contribution in [2.45, 2.75) is 0 Å².